The summed E-state index contributed by atoms with van der Waals surface area (Å²) in [6.07, 6.45) is 54.9. The van der Waals surface area contributed by atoms with Crippen molar-refractivity contribution in [3.63, 3.8) is 0 Å². The van der Waals surface area contributed by atoms with E-state index >= 15 is 0 Å². The van der Waals surface area contributed by atoms with Crippen LogP contribution in [0.3, 0.4) is 0 Å². The van der Waals surface area contributed by atoms with Crippen molar-refractivity contribution in [1.82, 2.24) is 5.32 Å². The fourth-order valence-electron chi connectivity index (χ4n) is 7.77. The van der Waals surface area contributed by atoms with E-state index in [-0.39, 0.29) is 24.9 Å². The van der Waals surface area contributed by atoms with Crippen molar-refractivity contribution in [2.24, 2.45) is 0 Å². The van der Waals surface area contributed by atoms with Crippen molar-refractivity contribution >= 4 is 11.9 Å². The Bertz CT molecular complexity index is 977. The Kier molecular flexibility index (Phi) is 45.6. The molecule has 6 heteroatoms. The van der Waals surface area contributed by atoms with Crippen molar-refractivity contribution in [2.75, 3.05) is 6.61 Å². The van der Waals surface area contributed by atoms with Crippen LogP contribution in [0.5, 0.6) is 0 Å². The molecule has 346 valence electrons. The minimum Gasteiger partial charge on any atom is -0.462 e. The lowest BCUT2D eigenvalue weighted by molar-refractivity contribution is -0.151. The lowest BCUT2D eigenvalue weighted by atomic mass is 10.0. The van der Waals surface area contributed by atoms with Gasteiger partial charge in [-0.05, 0) is 77.0 Å². The van der Waals surface area contributed by atoms with Gasteiger partial charge in [-0.1, -0.05) is 211 Å². The average molecular weight is 830 g/mol. The lowest BCUT2D eigenvalue weighted by Crippen LogP contribution is -2.46. The first-order valence-electron chi connectivity index (χ1n) is 25.7. The quantitative estimate of drug-likeness (QED) is 0.0246. The number of ether oxygens (including phenoxy) is 1. The van der Waals surface area contributed by atoms with Crippen LogP contribution in [-0.4, -0.2) is 46.9 Å². The Morgan fingerprint density at radius 3 is 1.34 bits per heavy atom. The van der Waals surface area contributed by atoms with Crippen LogP contribution >= 0.6 is 0 Å². The molecule has 0 aliphatic heterocycles. The van der Waals surface area contributed by atoms with Gasteiger partial charge >= 0.3 is 5.97 Å². The predicted molar refractivity (Wildman–Crippen MR) is 255 cm³/mol. The van der Waals surface area contributed by atoms with Crippen LogP contribution in [0.4, 0.5) is 0 Å². The minimum absolute atomic E-state index is 0.0643. The number of carbonyl (C=O) groups is 2. The number of unbranched alkanes of at least 4 members (excludes halogenated alkanes) is 29. The van der Waals surface area contributed by atoms with E-state index in [1.807, 2.05) is 0 Å². The van der Waals surface area contributed by atoms with Crippen LogP contribution < -0.4 is 5.32 Å². The Morgan fingerprint density at radius 2 is 0.864 bits per heavy atom. The van der Waals surface area contributed by atoms with E-state index < -0.39 is 18.2 Å². The summed E-state index contributed by atoms with van der Waals surface area (Å²) < 4.78 is 5.92. The van der Waals surface area contributed by atoms with Gasteiger partial charge in [-0.3, -0.25) is 9.59 Å². The fraction of sp³-hybridized carbons (Fsp3) is 0.849. The maximum atomic E-state index is 13.2. The summed E-state index contributed by atoms with van der Waals surface area (Å²) in [5.41, 5.74) is 0. The molecule has 3 atom stereocenters. The number of aliphatic hydroxyl groups is 2. The van der Waals surface area contributed by atoms with Gasteiger partial charge in [0.15, 0.2) is 0 Å². The standard InChI is InChI=1S/C53H99NO5/c1-4-7-10-13-16-19-22-24-25-26-27-29-31-34-37-40-43-46-53(58)59-49(44-41-38-35-32-30-28-23-20-17-14-11-8-5-2)47-52(57)54-50(48-55)51(56)45-42-39-36-33-21-18-15-12-9-6-3/h17,20,23-25,28,49-51,55-56H,4-16,18-19,21-22,26-27,29-48H2,1-3H3,(H,54,57)/b20-17+,25-24+,28-23+. The molecule has 6 nitrogen and oxygen atoms in total. The number of esters is 1. The van der Waals surface area contributed by atoms with Gasteiger partial charge in [0, 0.05) is 6.42 Å². The van der Waals surface area contributed by atoms with Crippen LogP contribution in [0, 0.1) is 0 Å². The monoisotopic (exact) mass is 830 g/mol. The highest BCUT2D eigenvalue weighted by atomic mass is 16.5. The molecule has 3 N–H and O–H groups in total. The number of nitrogens with one attached hydrogen (secondary N) is 1. The van der Waals surface area contributed by atoms with E-state index in [1.54, 1.807) is 0 Å². The summed E-state index contributed by atoms with van der Waals surface area (Å²) in [4.78, 5) is 26.1. The molecule has 0 aromatic heterocycles. The summed E-state index contributed by atoms with van der Waals surface area (Å²) in [5.74, 6) is -0.492. The molecule has 0 bridgehead atoms. The van der Waals surface area contributed by atoms with Gasteiger partial charge in [0.1, 0.15) is 6.10 Å². The first-order valence-corrected chi connectivity index (χ1v) is 25.7. The summed E-state index contributed by atoms with van der Waals surface area (Å²) in [6, 6.07) is -0.706. The van der Waals surface area contributed by atoms with E-state index in [2.05, 4.69) is 62.5 Å². The van der Waals surface area contributed by atoms with Crippen LogP contribution in [-0.2, 0) is 14.3 Å². The van der Waals surface area contributed by atoms with Gasteiger partial charge in [0.2, 0.25) is 5.91 Å². The molecule has 59 heavy (non-hydrogen) atoms. The zero-order valence-corrected chi connectivity index (χ0v) is 39.4. The Balaban J connectivity index is 4.57. The molecular weight excluding hydrogens is 731 g/mol. The predicted octanol–water partition coefficient (Wildman–Crippen LogP) is 15.3. The summed E-state index contributed by atoms with van der Waals surface area (Å²) in [5, 5.41) is 23.7. The summed E-state index contributed by atoms with van der Waals surface area (Å²) >= 11 is 0. The van der Waals surface area contributed by atoms with Gasteiger partial charge in [-0.25, -0.2) is 0 Å². The van der Waals surface area contributed by atoms with Gasteiger partial charge in [0.25, 0.3) is 0 Å². The maximum absolute atomic E-state index is 13.2. The zero-order chi connectivity index (χ0) is 43.1. The molecule has 1 amide bonds. The third-order valence-corrected chi connectivity index (χ3v) is 11.7. The molecule has 0 aliphatic carbocycles. The van der Waals surface area contributed by atoms with Crippen LogP contribution in [0.25, 0.3) is 0 Å². The highest BCUT2D eigenvalue weighted by Crippen LogP contribution is 2.17. The molecular formula is C53H99NO5. The minimum atomic E-state index is -0.791. The Morgan fingerprint density at radius 1 is 0.492 bits per heavy atom. The molecule has 0 radical (unpaired) electrons. The second-order valence-electron chi connectivity index (χ2n) is 17.6. The number of carbonyl (C=O) groups excluding carboxylic acids is 2. The zero-order valence-electron chi connectivity index (χ0n) is 39.4. The SMILES string of the molecule is CCCCC/C=C/C=C/CCCCCCC(CC(=O)NC(CO)C(O)CCCCCCCCCCCC)OC(=O)CCCCCCCCC/C=C/CCCCCCCC. The first-order chi connectivity index (χ1) is 29.0. The number of aliphatic hydroxyl groups excluding tert-OH is 2. The van der Waals surface area contributed by atoms with Crippen LogP contribution in [0.1, 0.15) is 265 Å². The number of rotatable bonds is 46. The Labute approximate surface area is 366 Å². The highest BCUT2D eigenvalue weighted by Gasteiger charge is 2.24. The molecule has 0 rings (SSSR count). The fourth-order valence-corrected chi connectivity index (χ4v) is 7.77. The molecule has 0 saturated carbocycles. The third kappa shape index (κ3) is 42.6. The molecule has 0 spiro atoms. The largest absolute Gasteiger partial charge is 0.462 e. The highest BCUT2D eigenvalue weighted by molar-refractivity contribution is 5.77. The second kappa shape index (κ2) is 47.1. The molecule has 0 aliphatic rings. The normalized spacial score (nSPS) is 13.5. The van der Waals surface area contributed by atoms with Gasteiger partial charge < -0.3 is 20.3 Å². The van der Waals surface area contributed by atoms with Crippen molar-refractivity contribution < 1.29 is 24.5 Å². The number of amides is 1. The molecule has 3 unspecified atom stereocenters. The number of allylic oxidation sites excluding steroid dienone is 6. The molecule has 0 saturated heterocycles. The first kappa shape index (κ1) is 57.1. The van der Waals surface area contributed by atoms with Gasteiger partial charge in [-0.15, -0.1) is 0 Å². The Hall–Kier alpha value is -1.92. The van der Waals surface area contributed by atoms with Crippen molar-refractivity contribution in [3.8, 4) is 0 Å². The number of hydrogen-bond donors (Lipinski definition) is 3. The summed E-state index contributed by atoms with van der Waals surface area (Å²) in [7, 11) is 0. The topological polar surface area (TPSA) is 95.9 Å². The van der Waals surface area contributed by atoms with E-state index in [9.17, 15) is 19.8 Å². The van der Waals surface area contributed by atoms with Crippen LogP contribution in [0.2, 0.25) is 0 Å². The van der Waals surface area contributed by atoms with Crippen LogP contribution in [0.15, 0.2) is 36.5 Å². The van der Waals surface area contributed by atoms with E-state index in [1.165, 1.54) is 141 Å². The molecule has 0 aromatic rings. The lowest BCUT2D eigenvalue weighted by Gasteiger charge is -2.24. The molecule has 0 fully saturated rings. The summed E-state index contributed by atoms with van der Waals surface area (Å²) in [6.45, 7) is 6.44. The van der Waals surface area contributed by atoms with Crippen molar-refractivity contribution in [2.45, 2.75) is 283 Å². The van der Waals surface area contributed by atoms with E-state index in [0.29, 0.717) is 19.3 Å². The molecule has 0 heterocycles. The number of hydrogen-bond acceptors (Lipinski definition) is 5. The third-order valence-electron chi connectivity index (χ3n) is 11.7. The second-order valence-corrected chi connectivity index (χ2v) is 17.6. The van der Waals surface area contributed by atoms with E-state index in [4.69, 9.17) is 4.74 Å². The van der Waals surface area contributed by atoms with Crippen molar-refractivity contribution in [1.29, 1.82) is 0 Å². The maximum Gasteiger partial charge on any atom is 0.306 e. The van der Waals surface area contributed by atoms with Gasteiger partial charge in [0.05, 0.1) is 25.2 Å². The van der Waals surface area contributed by atoms with E-state index in [0.717, 1.165) is 77.0 Å². The smallest absolute Gasteiger partial charge is 0.306 e. The van der Waals surface area contributed by atoms with Crippen molar-refractivity contribution in [3.05, 3.63) is 36.5 Å². The van der Waals surface area contributed by atoms with Gasteiger partial charge in [-0.2, -0.15) is 0 Å². The average Bonchev–Trinajstić information content (AvgIpc) is 3.23. The molecule has 0 aromatic carbocycles.